The maximum Gasteiger partial charge on any atom is 0.164 e. The minimum Gasteiger partial charge on any atom is -0.226 e. The van der Waals surface area contributed by atoms with E-state index in [1.54, 1.807) is 11.3 Å². The minimum atomic E-state index is 0.604. The molecule has 0 unspecified atom stereocenters. The van der Waals surface area contributed by atoms with Crippen LogP contribution in [0.4, 0.5) is 0 Å². The van der Waals surface area contributed by atoms with Gasteiger partial charge in [0.2, 0.25) is 0 Å². The first-order valence-electron chi connectivity index (χ1n) is 16.1. The number of fused-ring (bicyclic) bond motifs is 3. The second-order valence-electron chi connectivity index (χ2n) is 11.7. The zero-order valence-corrected chi connectivity index (χ0v) is 27.0. The van der Waals surface area contributed by atoms with Crippen molar-refractivity contribution < 1.29 is 0 Å². The van der Waals surface area contributed by atoms with E-state index in [1.807, 2.05) is 84.9 Å². The molecular formula is C43H27N5S. The van der Waals surface area contributed by atoms with E-state index in [2.05, 4.69) is 78.9 Å². The number of rotatable bonds is 6. The fourth-order valence-corrected chi connectivity index (χ4v) is 7.24. The van der Waals surface area contributed by atoms with Crippen LogP contribution in [0.1, 0.15) is 0 Å². The number of nitrogens with zero attached hydrogens (tertiary/aromatic N) is 5. The van der Waals surface area contributed by atoms with E-state index in [1.165, 1.54) is 10.3 Å². The van der Waals surface area contributed by atoms with Crippen LogP contribution in [0.3, 0.4) is 0 Å². The number of aromatic nitrogens is 5. The SMILES string of the molecule is c1ccc(-c2ccc3sc4c(-c5cccc(-c6nc(-c7ccccc7)nc(-c7ccccc7)n6)c5)nc(-c5ccccc5)nc4c3c2)cc1. The standard InChI is InChI=1S/C43H27N5S/c1-5-14-28(15-6-1)32-24-25-36-35(27-32)38-39(49-36)37(44-40(45-38)29-16-7-2-8-17-29)33-22-13-23-34(26-33)43-47-41(30-18-9-3-10-19-30)46-42(48-43)31-20-11-4-12-21-31/h1-27H. The third kappa shape index (κ3) is 5.54. The molecule has 0 aliphatic carbocycles. The lowest BCUT2D eigenvalue weighted by molar-refractivity contribution is 1.07. The highest BCUT2D eigenvalue weighted by Gasteiger charge is 2.19. The summed E-state index contributed by atoms with van der Waals surface area (Å²) in [7, 11) is 0. The molecule has 49 heavy (non-hydrogen) atoms. The molecule has 0 amide bonds. The molecule has 0 bridgehead atoms. The lowest BCUT2D eigenvalue weighted by Gasteiger charge is -2.10. The summed E-state index contributed by atoms with van der Waals surface area (Å²) in [5.41, 5.74) is 8.87. The van der Waals surface area contributed by atoms with E-state index in [0.29, 0.717) is 23.3 Å². The summed E-state index contributed by atoms with van der Waals surface area (Å²) in [6, 6.07) is 55.8. The third-order valence-electron chi connectivity index (χ3n) is 8.54. The largest absolute Gasteiger partial charge is 0.226 e. The first kappa shape index (κ1) is 28.8. The average Bonchev–Trinajstić information content (AvgIpc) is 3.57. The van der Waals surface area contributed by atoms with Crippen LogP contribution >= 0.6 is 11.3 Å². The van der Waals surface area contributed by atoms with Crippen molar-refractivity contribution in [3.63, 3.8) is 0 Å². The maximum absolute atomic E-state index is 5.23. The van der Waals surface area contributed by atoms with Crippen LogP contribution in [0.2, 0.25) is 0 Å². The van der Waals surface area contributed by atoms with E-state index in [0.717, 1.165) is 54.7 Å². The lowest BCUT2D eigenvalue weighted by atomic mass is 10.0. The molecular weight excluding hydrogens is 619 g/mol. The van der Waals surface area contributed by atoms with Crippen LogP contribution in [0, 0.1) is 0 Å². The maximum atomic E-state index is 5.23. The Labute approximate surface area is 287 Å². The predicted octanol–water partition coefficient (Wildman–Crippen LogP) is 11.0. The zero-order chi connectivity index (χ0) is 32.6. The Hall–Kier alpha value is -6.37. The summed E-state index contributed by atoms with van der Waals surface area (Å²) in [5.74, 6) is 2.55. The monoisotopic (exact) mass is 645 g/mol. The molecule has 3 heterocycles. The summed E-state index contributed by atoms with van der Waals surface area (Å²) in [6.45, 7) is 0. The normalized spacial score (nSPS) is 11.3. The van der Waals surface area contributed by atoms with Crippen LogP contribution < -0.4 is 0 Å². The molecule has 3 aromatic heterocycles. The summed E-state index contributed by atoms with van der Waals surface area (Å²) < 4.78 is 2.21. The number of hydrogen-bond acceptors (Lipinski definition) is 6. The van der Waals surface area contributed by atoms with E-state index >= 15 is 0 Å². The van der Waals surface area contributed by atoms with Crippen LogP contribution in [0.25, 0.3) is 88.2 Å². The molecule has 230 valence electrons. The van der Waals surface area contributed by atoms with Gasteiger partial charge in [-0.05, 0) is 29.3 Å². The Bertz CT molecular complexity index is 2530. The van der Waals surface area contributed by atoms with Gasteiger partial charge in [-0.15, -0.1) is 11.3 Å². The van der Waals surface area contributed by atoms with Crippen LogP contribution in [0.15, 0.2) is 164 Å². The Morgan fingerprint density at radius 3 is 1.37 bits per heavy atom. The fourth-order valence-electron chi connectivity index (χ4n) is 6.11. The van der Waals surface area contributed by atoms with E-state index in [4.69, 9.17) is 24.9 Å². The van der Waals surface area contributed by atoms with Crippen LogP contribution in [0.5, 0.6) is 0 Å². The zero-order valence-electron chi connectivity index (χ0n) is 26.2. The molecule has 6 heteroatoms. The van der Waals surface area contributed by atoms with Crippen molar-refractivity contribution in [2.75, 3.05) is 0 Å². The Morgan fingerprint density at radius 2 is 0.796 bits per heavy atom. The summed E-state index contributed by atoms with van der Waals surface area (Å²) in [6.07, 6.45) is 0. The van der Waals surface area contributed by atoms with Gasteiger partial charge in [0.15, 0.2) is 23.3 Å². The number of benzene rings is 6. The molecule has 0 aliphatic rings. The smallest absolute Gasteiger partial charge is 0.164 e. The molecule has 9 rings (SSSR count). The van der Waals surface area contributed by atoms with Crippen LogP contribution in [-0.2, 0) is 0 Å². The predicted molar refractivity (Wildman–Crippen MR) is 201 cm³/mol. The highest BCUT2D eigenvalue weighted by Crippen LogP contribution is 2.41. The lowest BCUT2D eigenvalue weighted by Crippen LogP contribution is -2.00. The molecule has 0 radical (unpaired) electrons. The Balaban J connectivity index is 1.24. The van der Waals surface area contributed by atoms with Crippen molar-refractivity contribution in [3.8, 4) is 67.9 Å². The third-order valence-corrected chi connectivity index (χ3v) is 9.71. The quantitative estimate of drug-likeness (QED) is 0.180. The molecule has 6 aromatic carbocycles. The van der Waals surface area contributed by atoms with Gasteiger partial charge in [-0.25, -0.2) is 24.9 Å². The molecule has 0 N–H and O–H groups in total. The van der Waals surface area contributed by atoms with Gasteiger partial charge in [0.05, 0.1) is 15.9 Å². The van der Waals surface area contributed by atoms with Crippen molar-refractivity contribution in [3.05, 3.63) is 164 Å². The number of hydrogen-bond donors (Lipinski definition) is 0. The highest BCUT2D eigenvalue weighted by atomic mass is 32.1. The van der Waals surface area contributed by atoms with Gasteiger partial charge in [0, 0.05) is 37.9 Å². The van der Waals surface area contributed by atoms with Crippen molar-refractivity contribution in [1.82, 2.24) is 24.9 Å². The van der Waals surface area contributed by atoms with Crippen molar-refractivity contribution in [2.45, 2.75) is 0 Å². The average molecular weight is 646 g/mol. The van der Waals surface area contributed by atoms with Gasteiger partial charge in [-0.3, -0.25) is 0 Å². The van der Waals surface area contributed by atoms with Crippen molar-refractivity contribution in [1.29, 1.82) is 0 Å². The molecule has 9 aromatic rings. The van der Waals surface area contributed by atoms with Crippen molar-refractivity contribution >= 4 is 31.6 Å². The van der Waals surface area contributed by atoms with E-state index < -0.39 is 0 Å². The molecule has 5 nitrogen and oxygen atoms in total. The van der Waals surface area contributed by atoms with Gasteiger partial charge in [0.1, 0.15) is 0 Å². The van der Waals surface area contributed by atoms with E-state index in [-0.39, 0.29) is 0 Å². The molecule has 0 saturated carbocycles. The minimum absolute atomic E-state index is 0.604. The van der Waals surface area contributed by atoms with E-state index in [9.17, 15) is 0 Å². The van der Waals surface area contributed by atoms with Gasteiger partial charge < -0.3 is 0 Å². The second kappa shape index (κ2) is 12.3. The molecule has 0 saturated heterocycles. The molecule has 0 fully saturated rings. The fraction of sp³-hybridized carbons (Fsp3) is 0. The summed E-state index contributed by atoms with van der Waals surface area (Å²) >= 11 is 1.73. The molecule has 0 aliphatic heterocycles. The first-order chi connectivity index (χ1) is 24.3. The highest BCUT2D eigenvalue weighted by molar-refractivity contribution is 7.26. The first-order valence-corrected chi connectivity index (χ1v) is 16.9. The van der Waals surface area contributed by atoms with Gasteiger partial charge >= 0.3 is 0 Å². The number of thiophene rings is 1. The molecule has 0 spiro atoms. The van der Waals surface area contributed by atoms with Gasteiger partial charge in [-0.1, -0.05) is 146 Å². The van der Waals surface area contributed by atoms with Gasteiger partial charge in [0.25, 0.3) is 0 Å². The van der Waals surface area contributed by atoms with Gasteiger partial charge in [-0.2, -0.15) is 0 Å². The second-order valence-corrected chi connectivity index (χ2v) is 12.8. The summed E-state index contributed by atoms with van der Waals surface area (Å²) in [4.78, 5) is 25.3. The summed E-state index contributed by atoms with van der Waals surface area (Å²) in [5, 5.41) is 1.12. The molecule has 0 atom stereocenters. The van der Waals surface area contributed by atoms with Crippen molar-refractivity contribution in [2.24, 2.45) is 0 Å². The topological polar surface area (TPSA) is 64.5 Å². The Morgan fingerprint density at radius 1 is 0.327 bits per heavy atom. The van der Waals surface area contributed by atoms with Crippen LogP contribution in [-0.4, -0.2) is 24.9 Å². The Kier molecular flexibility index (Phi) is 7.26.